The summed E-state index contributed by atoms with van der Waals surface area (Å²) in [6.45, 7) is 7.15. The van der Waals surface area contributed by atoms with Gasteiger partial charge in [0.2, 0.25) is 11.8 Å². The number of carbonyl (C=O) groups is 2. The summed E-state index contributed by atoms with van der Waals surface area (Å²) in [6.07, 6.45) is 3.74. The van der Waals surface area contributed by atoms with Crippen LogP contribution in [0.2, 0.25) is 0 Å². The average Bonchev–Trinajstić information content (AvgIpc) is 2.99. The van der Waals surface area contributed by atoms with Crippen LogP contribution in [-0.4, -0.2) is 59.9 Å². The summed E-state index contributed by atoms with van der Waals surface area (Å²) in [6, 6.07) is 0.813. The Bertz CT molecular complexity index is 338. The zero-order valence-corrected chi connectivity index (χ0v) is 12.0. The lowest BCUT2D eigenvalue weighted by Crippen LogP contribution is -2.47. The highest BCUT2D eigenvalue weighted by Gasteiger charge is 2.29. The number of imide groups is 1. The maximum absolute atomic E-state index is 12.2. The van der Waals surface area contributed by atoms with Gasteiger partial charge in [-0.1, -0.05) is 0 Å². The van der Waals surface area contributed by atoms with Crippen molar-refractivity contribution in [2.24, 2.45) is 0 Å². The molecule has 0 aromatic rings. The van der Waals surface area contributed by atoms with Crippen LogP contribution in [0.15, 0.2) is 0 Å². The van der Waals surface area contributed by atoms with Gasteiger partial charge in [-0.25, -0.2) is 0 Å². The number of hydrogen-bond acceptors (Lipinski definition) is 4. The van der Waals surface area contributed by atoms with Crippen LogP contribution in [0.5, 0.6) is 0 Å². The number of nitrogens with zero attached hydrogens (tertiary/aromatic N) is 2. The number of likely N-dealkylation sites (tertiary alicyclic amines) is 1. The summed E-state index contributed by atoms with van der Waals surface area (Å²) in [5, 5.41) is 3.46. The highest BCUT2D eigenvalue weighted by atomic mass is 16.2. The Labute approximate surface area is 115 Å². The van der Waals surface area contributed by atoms with E-state index in [2.05, 4.69) is 24.1 Å². The maximum Gasteiger partial charge on any atom is 0.243 e. The number of hydrogen-bond donors (Lipinski definition) is 1. The third-order valence-corrected chi connectivity index (χ3v) is 4.06. The predicted octanol–water partition coefficient (Wildman–Crippen LogP) is 0.598. The molecule has 108 valence electrons. The number of carbonyl (C=O) groups excluding carboxylic acids is 2. The van der Waals surface area contributed by atoms with E-state index in [4.69, 9.17) is 0 Å². The molecule has 2 saturated heterocycles. The van der Waals surface area contributed by atoms with Gasteiger partial charge in [0.25, 0.3) is 0 Å². The van der Waals surface area contributed by atoms with Crippen molar-refractivity contribution in [3.05, 3.63) is 0 Å². The molecular formula is C14H25N3O2. The van der Waals surface area contributed by atoms with Crippen LogP contribution in [0.3, 0.4) is 0 Å². The van der Waals surface area contributed by atoms with Crippen molar-refractivity contribution in [1.82, 2.24) is 15.1 Å². The fraction of sp³-hybridized carbons (Fsp3) is 0.857. The van der Waals surface area contributed by atoms with Gasteiger partial charge in [0, 0.05) is 31.6 Å². The van der Waals surface area contributed by atoms with Gasteiger partial charge in [-0.05, 0) is 39.7 Å². The summed E-state index contributed by atoms with van der Waals surface area (Å²) in [5.41, 5.74) is 0. The van der Waals surface area contributed by atoms with Crippen molar-refractivity contribution in [3.63, 3.8) is 0 Å². The lowest BCUT2D eigenvalue weighted by Gasteiger charge is -2.29. The van der Waals surface area contributed by atoms with Gasteiger partial charge in [0.1, 0.15) is 0 Å². The predicted molar refractivity (Wildman–Crippen MR) is 73.7 cm³/mol. The Morgan fingerprint density at radius 1 is 1.47 bits per heavy atom. The van der Waals surface area contributed by atoms with Crippen molar-refractivity contribution in [2.75, 3.05) is 26.2 Å². The molecule has 19 heavy (non-hydrogen) atoms. The summed E-state index contributed by atoms with van der Waals surface area (Å²) >= 11 is 0. The molecule has 2 amide bonds. The summed E-state index contributed by atoms with van der Waals surface area (Å²) in [7, 11) is 0. The molecule has 1 N–H and O–H groups in total. The smallest absolute Gasteiger partial charge is 0.243 e. The first kappa shape index (κ1) is 14.5. The van der Waals surface area contributed by atoms with Gasteiger partial charge in [-0.15, -0.1) is 0 Å². The molecule has 2 aliphatic rings. The molecular weight excluding hydrogens is 242 g/mol. The third kappa shape index (κ3) is 3.76. The second-order valence-corrected chi connectivity index (χ2v) is 5.86. The molecule has 5 nitrogen and oxygen atoms in total. The van der Waals surface area contributed by atoms with Crippen LogP contribution in [-0.2, 0) is 9.59 Å². The molecule has 0 spiro atoms. The summed E-state index contributed by atoms with van der Waals surface area (Å²) in [4.78, 5) is 27.4. The van der Waals surface area contributed by atoms with E-state index >= 15 is 0 Å². The van der Waals surface area contributed by atoms with Gasteiger partial charge in [0.15, 0.2) is 0 Å². The van der Waals surface area contributed by atoms with E-state index in [0.29, 0.717) is 31.6 Å². The molecule has 2 heterocycles. The molecule has 2 rings (SSSR count). The van der Waals surface area contributed by atoms with E-state index in [1.165, 1.54) is 17.7 Å². The zero-order chi connectivity index (χ0) is 13.8. The zero-order valence-electron chi connectivity index (χ0n) is 12.0. The van der Waals surface area contributed by atoms with Crippen molar-refractivity contribution in [1.29, 1.82) is 0 Å². The molecule has 1 unspecified atom stereocenters. The molecule has 0 aromatic carbocycles. The Kier molecular flexibility index (Phi) is 4.93. The fourth-order valence-corrected chi connectivity index (χ4v) is 2.82. The van der Waals surface area contributed by atoms with Crippen molar-refractivity contribution in [2.45, 2.75) is 51.6 Å². The Hall–Kier alpha value is -0.940. The summed E-state index contributed by atoms with van der Waals surface area (Å²) < 4.78 is 0. The van der Waals surface area contributed by atoms with Crippen LogP contribution in [0.25, 0.3) is 0 Å². The molecule has 0 bridgehead atoms. The SMILES string of the molecule is CC(C)N(CC(=O)N1CCCC1=O)CC1CCCN1. The molecule has 0 radical (unpaired) electrons. The minimum Gasteiger partial charge on any atom is -0.313 e. The lowest BCUT2D eigenvalue weighted by atomic mass is 10.2. The van der Waals surface area contributed by atoms with E-state index in [0.717, 1.165) is 19.5 Å². The third-order valence-electron chi connectivity index (χ3n) is 4.06. The van der Waals surface area contributed by atoms with Crippen LogP contribution in [0.1, 0.15) is 39.5 Å². The van der Waals surface area contributed by atoms with E-state index in [-0.39, 0.29) is 11.8 Å². The highest BCUT2D eigenvalue weighted by molar-refractivity contribution is 5.97. The van der Waals surface area contributed by atoms with Gasteiger partial charge in [0.05, 0.1) is 6.54 Å². The van der Waals surface area contributed by atoms with Crippen molar-refractivity contribution >= 4 is 11.8 Å². The minimum atomic E-state index is -0.0332. The molecule has 1 atom stereocenters. The summed E-state index contributed by atoms with van der Waals surface area (Å²) in [5.74, 6) is -0.0399. The van der Waals surface area contributed by atoms with Gasteiger partial charge in [-0.2, -0.15) is 0 Å². The molecule has 0 aromatic heterocycles. The normalized spacial score (nSPS) is 23.9. The van der Waals surface area contributed by atoms with E-state index in [9.17, 15) is 9.59 Å². The Morgan fingerprint density at radius 2 is 2.26 bits per heavy atom. The second kappa shape index (κ2) is 6.48. The largest absolute Gasteiger partial charge is 0.313 e. The van der Waals surface area contributed by atoms with Crippen molar-refractivity contribution < 1.29 is 9.59 Å². The van der Waals surface area contributed by atoms with Crippen LogP contribution < -0.4 is 5.32 Å². The molecule has 0 saturated carbocycles. The van der Waals surface area contributed by atoms with Crippen LogP contribution in [0, 0.1) is 0 Å². The molecule has 2 aliphatic heterocycles. The van der Waals surface area contributed by atoms with Crippen LogP contribution >= 0.6 is 0 Å². The first-order chi connectivity index (χ1) is 9.08. The minimum absolute atomic E-state index is 0.00676. The second-order valence-electron chi connectivity index (χ2n) is 5.86. The average molecular weight is 267 g/mol. The molecule has 2 fully saturated rings. The number of nitrogens with one attached hydrogen (secondary N) is 1. The lowest BCUT2D eigenvalue weighted by molar-refractivity contribution is -0.142. The van der Waals surface area contributed by atoms with E-state index in [1.807, 2.05) is 0 Å². The van der Waals surface area contributed by atoms with E-state index in [1.54, 1.807) is 0 Å². The molecule has 0 aliphatic carbocycles. The van der Waals surface area contributed by atoms with Crippen molar-refractivity contribution in [3.8, 4) is 0 Å². The number of rotatable bonds is 5. The monoisotopic (exact) mass is 267 g/mol. The van der Waals surface area contributed by atoms with Gasteiger partial charge < -0.3 is 5.32 Å². The van der Waals surface area contributed by atoms with Crippen LogP contribution in [0.4, 0.5) is 0 Å². The standard InChI is InChI=1S/C14H25N3O2/c1-11(2)16(9-12-5-3-7-15-12)10-14(19)17-8-4-6-13(17)18/h11-12,15H,3-10H2,1-2H3. The highest BCUT2D eigenvalue weighted by Crippen LogP contribution is 2.13. The Morgan fingerprint density at radius 3 is 2.79 bits per heavy atom. The maximum atomic E-state index is 12.2. The van der Waals surface area contributed by atoms with Gasteiger partial charge in [-0.3, -0.25) is 19.4 Å². The topological polar surface area (TPSA) is 52.7 Å². The number of amides is 2. The fourth-order valence-electron chi connectivity index (χ4n) is 2.82. The Balaban J connectivity index is 1.88. The van der Waals surface area contributed by atoms with Gasteiger partial charge >= 0.3 is 0 Å². The first-order valence-electron chi connectivity index (χ1n) is 7.38. The van der Waals surface area contributed by atoms with E-state index < -0.39 is 0 Å². The first-order valence-corrected chi connectivity index (χ1v) is 7.38. The quantitative estimate of drug-likeness (QED) is 0.792. The molecule has 5 heteroatoms.